The molecule has 0 saturated heterocycles. The fourth-order valence-corrected chi connectivity index (χ4v) is 3.04. The second-order valence-electron chi connectivity index (χ2n) is 8.01. The van der Waals surface area contributed by atoms with Gasteiger partial charge in [0.15, 0.2) is 11.5 Å². The van der Waals surface area contributed by atoms with Crippen LogP contribution in [0.15, 0.2) is 54.6 Å². The summed E-state index contributed by atoms with van der Waals surface area (Å²) in [6.45, 7) is 14.6. The number of rotatable bonds is 13. The fraction of sp³-hybridized carbons (Fsp3) is 0.407. The maximum absolute atomic E-state index is 11.9. The zero-order valence-electron chi connectivity index (χ0n) is 20.6. The molecule has 184 valence electrons. The van der Waals surface area contributed by atoms with Crippen molar-refractivity contribution in [3.8, 4) is 17.2 Å². The Kier molecular flexibility index (Phi) is 9.98. The highest BCUT2D eigenvalue weighted by atomic mass is 16.6. The molecule has 0 saturated carbocycles. The first-order valence-electron chi connectivity index (χ1n) is 11.3. The lowest BCUT2D eigenvalue weighted by atomic mass is 10.1. The van der Waals surface area contributed by atoms with E-state index < -0.39 is 24.1 Å². The summed E-state index contributed by atoms with van der Waals surface area (Å²) in [5.74, 6) is 0.677. The molecule has 0 aliphatic carbocycles. The summed E-state index contributed by atoms with van der Waals surface area (Å²) in [4.78, 5) is 23.8. The number of methoxy groups -OCH3 is 1. The Hall–Kier alpha value is -3.48. The molecule has 0 aromatic heterocycles. The number of hydrogen-bond acceptors (Lipinski definition) is 7. The van der Waals surface area contributed by atoms with Crippen LogP contribution in [0.25, 0.3) is 10.8 Å². The van der Waals surface area contributed by atoms with Crippen LogP contribution in [0.4, 0.5) is 0 Å². The molecular formula is C27H34O7. The molecule has 0 spiro atoms. The smallest absolute Gasteiger partial charge is 0.333 e. The third-order valence-electron chi connectivity index (χ3n) is 5.14. The summed E-state index contributed by atoms with van der Waals surface area (Å²) < 4.78 is 28.6. The lowest BCUT2D eigenvalue weighted by Gasteiger charge is -2.21. The SMILES string of the molecule is C=C(C)C(=O)OC(CC)COc1cc(OC)c(OCC(CC)OC(=O)C(=C)C)c2ccccc12. The van der Waals surface area contributed by atoms with Crippen LogP contribution in [-0.2, 0) is 19.1 Å². The van der Waals surface area contributed by atoms with Crippen molar-refractivity contribution in [2.24, 2.45) is 0 Å². The molecule has 0 bridgehead atoms. The third-order valence-corrected chi connectivity index (χ3v) is 5.14. The Labute approximate surface area is 201 Å². The van der Waals surface area contributed by atoms with E-state index in [1.54, 1.807) is 27.0 Å². The van der Waals surface area contributed by atoms with Crippen molar-refractivity contribution in [3.05, 3.63) is 54.6 Å². The highest BCUT2D eigenvalue weighted by Crippen LogP contribution is 2.41. The quantitative estimate of drug-likeness (QED) is 0.286. The summed E-state index contributed by atoms with van der Waals surface area (Å²) >= 11 is 0. The Balaban J connectivity index is 2.28. The van der Waals surface area contributed by atoms with Gasteiger partial charge < -0.3 is 23.7 Å². The monoisotopic (exact) mass is 470 g/mol. The lowest BCUT2D eigenvalue weighted by Crippen LogP contribution is -2.25. The van der Waals surface area contributed by atoms with Crippen LogP contribution in [0, 0.1) is 0 Å². The topological polar surface area (TPSA) is 80.3 Å². The van der Waals surface area contributed by atoms with E-state index in [1.807, 2.05) is 38.1 Å². The molecule has 0 aliphatic heterocycles. The summed E-state index contributed by atoms with van der Waals surface area (Å²) in [5.41, 5.74) is 0.675. The number of carbonyl (C=O) groups is 2. The minimum atomic E-state index is -0.450. The van der Waals surface area contributed by atoms with Crippen molar-refractivity contribution in [2.45, 2.75) is 52.7 Å². The van der Waals surface area contributed by atoms with Gasteiger partial charge in [0, 0.05) is 28.0 Å². The van der Waals surface area contributed by atoms with E-state index in [-0.39, 0.29) is 13.2 Å². The van der Waals surface area contributed by atoms with Crippen molar-refractivity contribution in [3.63, 3.8) is 0 Å². The van der Waals surface area contributed by atoms with Crippen molar-refractivity contribution >= 4 is 22.7 Å². The standard InChI is InChI=1S/C27H34O7/c1-8-19(33-26(28)17(3)4)15-31-23-14-24(30-7)25(22-13-11-10-12-21(22)23)32-16-20(9-2)34-27(29)18(5)6/h10-14,19-20H,3,5,8-9,15-16H2,1-2,4,6-7H3. The first-order valence-corrected chi connectivity index (χ1v) is 11.3. The Bertz CT molecular complexity index is 1040. The van der Waals surface area contributed by atoms with Gasteiger partial charge in [0.25, 0.3) is 0 Å². The van der Waals surface area contributed by atoms with Gasteiger partial charge in [-0.25, -0.2) is 9.59 Å². The Morgan fingerprint density at radius 2 is 1.32 bits per heavy atom. The van der Waals surface area contributed by atoms with Crippen LogP contribution >= 0.6 is 0 Å². The molecule has 0 heterocycles. The molecule has 0 N–H and O–H groups in total. The molecule has 0 radical (unpaired) electrons. The van der Waals surface area contributed by atoms with Crippen LogP contribution < -0.4 is 14.2 Å². The highest BCUT2D eigenvalue weighted by Gasteiger charge is 2.20. The van der Waals surface area contributed by atoms with Gasteiger partial charge >= 0.3 is 11.9 Å². The van der Waals surface area contributed by atoms with Crippen molar-refractivity contribution < 1.29 is 33.3 Å². The van der Waals surface area contributed by atoms with E-state index in [1.165, 1.54) is 0 Å². The molecule has 0 fully saturated rings. The zero-order valence-corrected chi connectivity index (χ0v) is 20.6. The second kappa shape index (κ2) is 12.7. The van der Waals surface area contributed by atoms with Gasteiger partial charge in [-0.2, -0.15) is 0 Å². The third kappa shape index (κ3) is 7.01. The van der Waals surface area contributed by atoms with Gasteiger partial charge in [-0.15, -0.1) is 0 Å². The van der Waals surface area contributed by atoms with E-state index in [4.69, 9.17) is 23.7 Å². The van der Waals surface area contributed by atoms with Gasteiger partial charge in [0.2, 0.25) is 0 Å². The number of hydrogen-bond donors (Lipinski definition) is 0. The summed E-state index contributed by atoms with van der Waals surface area (Å²) in [6.07, 6.45) is 0.327. The summed E-state index contributed by atoms with van der Waals surface area (Å²) in [6, 6.07) is 9.34. The first-order chi connectivity index (χ1) is 16.2. The van der Waals surface area contributed by atoms with Crippen LogP contribution in [0.2, 0.25) is 0 Å². The van der Waals surface area contributed by atoms with Crippen LogP contribution in [0.3, 0.4) is 0 Å². The average molecular weight is 471 g/mol. The van der Waals surface area contributed by atoms with E-state index in [2.05, 4.69) is 13.2 Å². The largest absolute Gasteiger partial charge is 0.493 e. The maximum atomic E-state index is 11.9. The Morgan fingerprint density at radius 1 is 0.824 bits per heavy atom. The average Bonchev–Trinajstić information content (AvgIpc) is 2.83. The minimum Gasteiger partial charge on any atom is -0.493 e. The van der Waals surface area contributed by atoms with E-state index in [0.29, 0.717) is 41.2 Å². The number of carbonyl (C=O) groups excluding carboxylic acids is 2. The van der Waals surface area contributed by atoms with Gasteiger partial charge in [-0.1, -0.05) is 51.3 Å². The molecule has 7 nitrogen and oxygen atoms in total. The summed E-state index contributed by atoms with van der Waals surface area (Å²) in [5, 5.41) is 1.59. The summed E-state index contributed by atoms with van der Waals surface area (Å²) in [7, 11) is 1.54. The van der Waals surface area contributed by atoms with E-state index in [9.17, 15) is 9.59 Å². The van der Waals surface area contributed by atoms with E-state index >= 15 is 0 Å². The molecule has 2 aromatic rings. The molecule has 7 heteroatoms. The zero-order chi connectivity index (χ0) is 25.3. The van der Waals surface area contributed by atoms with Crippen LogP contribution in [0.1, 0.15) is 40.5 Å². The van der Waals surface area contributed by atoms with Crippen LogP contribution in [0.5, 0.6) is 17.2 Å². The minimum absolute atomic E-state index is 0.158. The normalized spacial score (nSPS) is 12.4. The van der Waals surface area contributed by atoms with Gasteiger partial charge in [0.1, 0.15) is 31.2 Å². The molecule has 0 aliphatic rings. The molecule has 2 aromatic carbocycles. The number of esters is 2. The molecule has 2 atom stereocenters. The number of fused-ring (bicyclic) bond motifs is 1. The molecular weight excluding hydrogens is 436 g/mol. The predicted octanol–water partition coefficient (Wildman–Crippen LogP) is 5.40. The van der Waals surface area contributed by atoms with Gasteiger partial charge in [0.05, 0.1) is 7.11 Å². The Morgan fingerprint density at radius 3 is 1.79 bits per heavy atom. The molecule has 2 rings (SSSR count). The first kappa shape index (κ1) is 26.8. The fourth-order valence-electron chi connectivity index (χ4n) is 3.04. The van der Waals surface area contributed by atoms with E-state index in [0.717, 1.165) is 10.8 Å². The molecule has 0 amide bonds. The van der Waals surface area contributed by atoms with Crippen molar-refractivity contribution in [1.82, 2.24) is 0 Å². The number of ether oxygens (including phenoxy) is 5. The van der Waals surface area contributed by atoms with Crippen molar-refractivity contribution in [2.75, 3.05) is 20.3 Å². The number of benzene rings is 2. The van der Waals surface area contributed by atoms with Crippen molar-refractivity contribution in [1.29, 1.82) is 0 Å². The molecule has 2 unspecified atom stereocenters. The molecule has 34 heavy (non-hydrogen) atoms. The van der Waals surface area contributed by atoms with Gasteiger partial charge in [-0.3, -0.25) is 0 Å². The van der Waals surface area contributed by atoms with Gasteiger partial charge in [-0.05, 0) is 26.7 Å². The second-order valence-corrected chi connectivity index (χ2v) is 8.01. The predicted molar refractivity (Wildman–Crippen MR) is 131 cm³/mol. The maximum Gasteiger partial charge on any atom is 0.333 e. The van der Waals surface area contributed by atoms with Crippen LogP contribution in [-0.4, -0.2) is 44.5 Å². The highest BCUT2D eigenvalue weighted by molar-refractivity contribution is 5.95. The lowest BCUT2D eigenvalue weighted by molar-refractivity contribution is -0.146.